The topological polar surface area (TPSA) is 65.0 Å². The molecule has 1 aromatic rings. The molecule has 0 amide bonds. The molecule has 0 heterocycles. The molecule has 5 nitrogen and oxygen atoms in total. The van der Waals surface area contributed by atoms with Crippen LogP contribution in [0.4, 0.5) is 0 Å². The van der Waals surface area contributed by atoms with Crippen LogP contribution in [-0.2, 0) is 14.9 Å². The number of fused-ring (bicyclic) bond motifs is 1. The molecule has 102 valence electrons. The summed E-state index contributed by atoms with van der Waals surface area (Å²) >= 11 is 0. The van der Waals surface area contributed by atoms with Gasteiger partial charge in [-0.2, -0.15) is 4.91 Å². The number of nitroso groups, excluding NO2 is 1. The number of carbonyl (C=O) groups excluding carboxylic acids is 1. The van der Waals surface area contributed by atoms with Crippen molar-refractivity contribution >= 4 is 5.97 Å². The van der Waals surface area contributed by atoms with E-state index in [0.717, 1.165) is 11.1 Å². The molecule has 2 unspecified atom stereocenters. The number of carbonyl (C=O) groups is 1. The molecule has 0 spiro atoms. The molecule has 1 aliphatic rings. The SMILES string of the molecule is COC(=O)CC1(C)CC(N=O)c2ccc(OC)cc21. The van der Waals surface area contributed by atoms with E-state index >= 15 is 0 Å². The second-order valence-electron chi connectivity index (χ2n) is 5.09. The highest BCUT2D eigenvalue weighted by Gasteiger charge is 2.43. The fraction of sp³-hybridized carbons (Fsp3) is 0.500. The van der Waals surface area contributed by atoms with Crippen LogP contribution in [0, 0.1) is 4.91 Å². The van der Waals surface area contributed by atoms with Crippen LogP contribution in [0.5, 0.6) is 5.75 Å². The Bertz CT molecular complexity index is 514. The molecule has 1 aromatic carbocycles. The summed E-state index contributed by atoms with van der Waals surface area (Å²) in [6, 6.07) is 5.13. The highest BCUT2D eigenvalue weighted by Crippen LogP contribution is 2.49. The normalized spacial score (nSPS) is 24.7. The number of rotatable bonds is 4. The van der Waals surface area contributed by atoms with E-state index in [1.165, 1.54) is 7.11 Å². The maximum absolute atomic E-state index is 11.6. The van der Waals surface area contributed by atoms with E-state index in [0.29, 0.717) is 12.2 Å². The summed E-state index contributed by atoms with van der Waals surface area (Å²) in [5.41, 5.74) is 1.39. The van der Waals surface area contributed by atoms with Crippen molar-refractivity contribution < 1.29 is 14.3 Å². The Kier molecular flexibility index (Phi) is 3.55. The maximum atomic E-state index is 11.6. The van der Waals surface area contributed by atoms with Crippen molar-refractivity contribution in [2.45, 2.75) is 31.2 Å². The van der Waals surface area contributed by atoms with Crippen molar-refractivity contribution in [1.82, 2.24) is 0 Å². The first-order chi connectivity index (χ1) is 9.04. The van der Waals surface area contributed by atoms with Crippen molar-refractivity contribution in [3.63, 3.8) is 0 Å². The predicted octanol–water partition coefficient (Wildman–Crippen LogP) is 2.73. The van der Waals surface area contributed by atoms with Crippen LogP contribution in [0.1, 0.15) is 36.9 Å². The van der Waals surface area contributed by atoms with E-state index in [4.69, 9.17) is 9.47 Å². The molecule has 2 rings (SSSR count). The van der Waals surface area contributed by atoms with Gasteiger partial charge in [0.25, 0.3) is 0 Å². The third kappa shape index (κ3) is 2.32. The van der Waals surface area contributed by atoms with E-state index in [1.807, 2.05) is 19.1 Å². The average molecular weight is 263 g/mol. The number of ether oxygens (including phenoxy) is 2. The first kappa shape index (κ1) is 13.5. The molecule has 0 fully saturated rings. The molecule has 0 aromatic heterocycles. The third-order valence-electron chi connectivity index (χ3n) is 3.80. The van der Waals surface area contributed by atoms with Gasteiger partial charge >= 0.3 is 5.97 Å². The van der Waals surface area contributed by atoms with E-state index in [-0.39, 0.29) is 12.4 Å². The van der Waals surface area contributed by atoms with Gasteiger partial charge in [0.2, 0.25) is 0 Å². The summed E-state index contributed by atoms with van der Waals surface area (Å²) in [7, 11) is 2.95. The number of benzene rings is 1. The Morgan fingerprint density at radius 1 is 1.47 bits per heavy atom. The van der Waals surface area contributed by atoms with Crippen molar-refractivity contribution in [3.8, 4) is 5.75 Å². The average Bonchev–Trinajstić information content (AvgIpc) is 2.71. The number of esters is 1. The van der Waals surface area contributed by atoms with Crippen LogP contribution in [-0.4, -0.2) is 20.2 Å². The minimum atomic E-state index is -0.435. The van der Waals surface area contributed by atoms with Crippen LogP contribution in [0.2, 0.25) is 0 Å². The van der Waals surface area contributed by atoms with Crippen LogP contribution in [0.25, 0.3) is 0 Å². The summed E-state index contributed by atoms with van der Waals surface area (Å²) < 4.78 is 9.95. The highest BCUT2D eigenvalue weighted by molar-refractivity contribution is 5.72. The van der Waals surface area contributed by atoms with Gasteiger partial charge in [-0.3, -0.25) is 4.79 Å². The number of hydrogen-bond donors (Lipinski definition) is 0. The Hall–Kier alpha value is -1.91. The van der Waals surface area contributed by atoms with Crippen LogP contribution < -0.4 is 4.74 Å². The lowest BCUT2D eigenvalue weighted by atomic mass is 9.80. The fourth-order valence-electron chi connectivity index (χ4n) is 2.77. The van der Waals surface area contributed by atoms with Crippen LogP contribution in [0.15, 0.2) is 23.4 Å². The summed E-state index contributed by atoms with van der Waals surface area (Å²) in [6.07, 6.45) is 0.754. The van der Waals surface area contributed by atoms with Gasteiger partial charge in [-0.15, -0.1) is 0 Å². The van der Waals surface area contributed by atoms with Gasteiger partial charge < -0.3 is 9.47 Å². The van der Waals surface area contributed by atoms with E-state index in [1.54, 1.807) is 13.2 Å². The summed E-state index contributed by atoms with van der Waals surface area (Å²) in [6.45, 7) is 1.95. The Labute approximate surface area is 111 Å². The summed E-state index contributed by atoms with van der Waals surface area (Å²) in [5.74, 6) is 0.421. The minimum absolute atomic E-state index is 0.232. The molecule has 0 saturated carbocycles. The van der Waals surface area contributed by atoms with E-state index in [2.05, 4.69) is 5.18 Å². The molecule has 0 aliphatic heterocycles. The molecule has 5 heteroatoms. The molecular formula is C14H17NO4. The van der Waals surface area contributed by atoms with Gasteiger partial charge in [-0.1, -0.05) is 18.2 Å². The molecule has 0 bridgehead atoms. The second kappa shape index (κ2) is 4.99. The van der Waals surface area contributed by atoms with Gasteiger partial charge in [-0.25, -0.2) is 0 Å². The smallest absolute Gasteiger partial charge is 0.306 e. The minimum Gasteiger partial charge on any atom is -0.497 e. The third-order valence-corrected chi connectivity index (χ3v) is 3.80. The lowest BCUT2D eigenvalue weighted by molar-refractivity contribution is -0.142. The zero-order valence-electron chi connectivity index (χ0n) is 11.3. The van der Waals surface area contributed by atoms with E-state index < -0.39 is 11.5 Å². The standard InChI is InChI=1S/C14H17NO4/c1-14(8-13(16)19-3)7-12(15-17)10-5-4-9(18-2)6-11(10)14/h4-6,12H,7-8H2,1-3H3. The maximum Gasteiger partial charge on any atom is 0.306 e. The monoisotopic (exact) mass is 263 g/mol. The lowest BCUT2D eigenvalue weighted by Gasteiger charge is -2.24. The number of nitrogens with zero attached hydrogens (tertiary/aromatic N) is 1. The molecule has 0 N–H and O–H groups in total. The molecule has 19 heavy (non-hydrogen) atoms. The zero-order chi connectivity index (χ0) is 14.0. The van der Waals surface area contributed by atoms with Crippen LogP contribution in [0.3, 0.4) is 0 Å². The van der Waals surface area contributed by atoms with Gasteiger partial charge in [0.05, 0.1) is 20.6 Å². The summed E-state index contributed by atoms with van der Waals surface area (Å²) in [5, 5.41) is 3.17. The van der Waals surface area contributed by atoms with Crippen molar-refractivity contribution in [2.24, 2.45) is 5.18 Å². The Morgan fingerprint density at radius 3 is 2.79 bits per heavy atom. The van der Waals surface area contributed by atoms with Crippen molar-refractivity contribution in [3.05, 3.63) is 34.2 Å². The van der Waals surface area contributed by atoms with Gasteiger partial charge in [-0.05, 0) is 29.7 Å². The first-order valence-electron chi connectivity index (χ1n) is 6.12. The van der Waals surface area contributed by atoms with E-state index in [9.17, 15) is 9.70 Å². The molecule has 0 saturated heterocycles. The summed E-state index contributed by atoms with van der Waals surface area (Å²) in [4.78, 5) is 22.5. The second-order valence-corrected chi connectivity index (χ2v) is 5.09. The zero-order valence-corrected chi connectivity index (χ0v) is 11.3. The van der Waals surface area contributed by atoms with Crippen LogP contribution >= 0.6 is 0 Å². The fourth-order valence-corrected chi connectivity index (χ4v) is 2.77. The molecule has 1 aliphatic carbocycles. The molecular weight excluding hydrogens is 246 g/mol. The lowest BCUT2D eigenvalue weighted by Crippen LogP contribution is -2.23. The van der Waals surface area contributed by atoms with Gasteiger partial charge in [0.1, 0.15) is 11.8 Å². The Balaban J connectivity index is 2.45. The van der Waals surface area contributed by atoms with Crippen molar-refractivity contribution in [1.29, 1.82) is 0 Å². The van der Waals surface area contributed by atoms with Gasteiger partial charge in [0, 0.05) is 5.41 Å². The molecule has 2 atom stereocenters. The highest BCUT2D eigenvalue weighted by atomic mass is 16.5. The number of hydrogen-bond acceptors (Lipinski definition) is 5. The quantitative estimate of drug-likeness (QED) is 0.619. The van der Waals surface area contributed by atoms with Crippen molar-refractivity contribution in [2.75, 3.05) is 14.2 Å². The molecule has 0 radical (unpaired) electrons. The Morgan fingerprint density at radius 2 is 2.21 bits per heavy atom. The number of methoxy groups -OCH3 is 2. The van der Waals surface area contributed by atoms with Gasteiger partial charge in [0.15, 0.2) is 0 Å². The first-order valence-corrected chi connectivity index (χ1v) is 6.12. The predicted molar refractivity (Wildman–Crippen MR) is 70.1 cm³/mol. The largest absolute Gasteiger partial charge is 0.497 e.